The molecule has 1 aromatic heterocycles. The molecule has 1 atom stereocenters. The van der Waals surface area contributed by atoms with Crippen molar-refractivity contribution in [2.24, 2.45) is 5.92 Å². The molecule has 0 bridgehead atoms. The molecular weight excluding hydrogens is 310 g/mol. The highest BCUT2D eigenvalue weighted by molar-refractivity contribution is 5.93. The second-order valence-electron chi connectivity index (χ2n) is 6.37. The fourth-order valence-corrected chi connectivity index (χ4v) is 3.49. The average Bonchev–Trinajstić information content (AvgIpc) is 2.98. The van der Waals surface area contributed by atoms with Gasteiger partial charge in [0.25, 0.3) is 5.91 Å². The first kappa shape index (κ1) is 16.9. The minimum atomic E-state index is -0.234. The van der Waals surface area contributed by atoms with E-state index in [0.717, 1.165) is 12.8 Å². The van der Waals surface area contributed by atoms with Gasteiger partial charge in [-0.2, -0.15) is 0 Å². The summed E-state index contributed by atoms with van der Waals surface area (Å²) in [5.74, 6) is 0.252. The van der Waals surface area contributed by atoms with Crippen molar-refractivity contribution in [3.8, 4) is 0 Å². The zero-order chi connectivity index (χ0) is 17.0. The summed E-state index contributed by atoms with van der Waals surface area (Å²) in [6.45, 7) is 2.66. The van der Waals surface area contributed by atoms with Gasteiger partial charge in [0.05, 0.1) is 18.7 Å². The molecule has 2 fully saturated rings. The highest BCUT2D eigenvalue weighted by Crippen LogP contribution is 2.41. The molecule has 7 nitrogen and oxygen atoms in total. The molecule has 3 rings (SSSR count). The van der Waals surface area contributed by atoms with Gasteiger partial charge in [-0.25, -0.2) is 0 Å². The molecule has 2 amide bonds. The van der Waals surface area contributed by atoms with Crippen LogP contribution in [0, 0.1) is 5.92 Å². The van der Waals surface area contributed by atoms with E-state index in [1.807, 2.05) is 0 Å². The summed E-state index contributed by atoms with van der Waals surface area (Å²) in [6, 6.07) is 3.49. The van der Waals surface area contributed by atoms with Crippen LogP contribution in [-0.2, 0) is 14.3 Å². The molecule has 24 heavy (non-hydrogen) atoms. The van der Waals surface area contributed by atoms with Gasteiger partial charge in [-0.15, -0.1) is 0 Å². The summed E-state index contributed by atoms with van der Waals surface area (Å²) in [4.78, 5) is 29.6. The van der Waals surface area contributed by atoms with Gasteiger partial charge in [0.1, 0.15) is 12.2 Å². The van der Waals surface area contributed by atoms with E-state index in [4.69, 9.17) is 9.47 Å². The van der Waals surface area contributed by atoms with Crippen LogP contribution < -0.4 is 5.32 Å². The highest BCUT2D eigenvalue weighted by atomic mass is 16.5. The van der Waals surface area contributed by atoms with Gasteiger partial charge < -0.3 is 19.7 Å². The number of methoxy groups -OCH3 is 1. The van der Waals surface area contributed by atoms with Crippen molar-refractivity contribution >= 4 is 11.8 Å². The van der Waals surface area contributed by atoms with Crippen LogP contribution >= 0.6 is 0 Å². The summed E-state index contributed by atoms with van der Waals surface area (Å²) >= 11 is 0. The third-order valence-electron chi connectivity index (χ3n) is 4.84. The van der Waals surface area contributed by atoms with Crippen molar-refractivity contribution in [3.05, 3.63) is 30.1 Å². The smallest absolute Gasteiger partial charge is 0.252 e. The molecule has 3 heterocycles. The van der Waals surface area contributed by atoms with E-state index in [1.165, 1.54) is 7.11 Å². The standard InChI is InChI=1S/C17H23N3O4/c1-23-10-15(21)20-11-17(12-20)14(5-8-24-17)4-7-19-16(22)13-3-2-6-18-9-13/h2-3,6,9,14H,4-5,7-8,10-12H2,1H3,(H,19,22). The Labute approximate surface area is 141 Å². The van der Waals surface area contributed by atoms with Crippen LogP contribution in [0.2, 0.25) is 0 Å². The third-order valence-corrected chi connectivity index (χ3v) is 4.84. The lowest BCUT2D eigenvalue weighted by Gasteiger charge is -2.50. The van der Waals surface area contributed by atoms with Gasteiger partial charge in [-0.3, -0.25) is 14.6 Å². The van der Waals surface area contributed by atoms with Crippen molar-refractivity contribution in [1.29, 1.82) is 0 Å². The minimum absolute atomic E-state index is 0.00209. The molecule has 7 heteroatoms. The third kappa shape index (κ3) is 3.42. The van der Waals surface area contributed by atoms with Crippen LogP contribution in [0.4, 0.5) is 0 Å². The van der Waals surface area contributed by atoms with E-state index in [1.54, 1.807) is 29.4 Å². The van der Waals surface area contributed by atoms with Crippen LogP contribution in [0.25, 0.3) is 0 Å². The number of amides is 2. The number of rotatable bonds is 6. The van der Waals surface area contributed by atoms with Crippen molar-refractivity contribution in [2.75, 3.05) is 40.0 Å². The van der Waals surface area contributed by atoms with Crippen molar-refractivity contribution in [2.45, 2.75) is 18.4 Å². The van der Waals surface area contributed by atoms with Crippen LogP contribution in [-0.4, -0.2) is 67.3 Å². The Bertz CT molecular complexity index is 587. The summed E-state index contributed by atoms with van der Waals surface area (Å²) in [7, 11) is 1.52. The number of likely N-dealkylation sites (tertiary alicyclic amines) is 1. The van der Waals surface area contributed by atoms with Gasteiger partial charge in [-0.1, -0.05) is 0 Å². The lowest BCUT2D eigenvalue weighted by atomic mass is 9.79. The maximum Gasteiger partial charge on any atom is 0.252 e. The predicted octanol–water partition coefficient (Wildman–Crippen LogP) is 0.465. The Morgan fingerprint density at radius 3 is 3.04 bits per heavy atom. The van der Waals surface area contributed by atoms with Crippen molar-refractivity contribution in [3.63, 3.8) is 0 Å². The Morgan fingerprint density at radius 1 is 1.50 bits per heavy atom. The average molecular weight is 333 g/mol. The quantitative estimate of drug-likeness (QED) is 0.818. The van der Waals surface area contributed by atoms with E-state index in [9.17, 15) is 9.59 Å². The van der Waals surface area contributed by atoms with E-state index in [2.05, 4.69) is 10.3 Å². The number of hydrogen-bond acceptors (Lipinski definition) is 5. The Balaban J connectivity index is 1.46. The summed E-state index contributed by atoms with van der Waals surface area (Å²) in [6.07, 6.45) is 5.01. The lowest BCUT2D eigenvalue weighted by Crippen LogP contribution is -2.66. The zero-order valence-corrected chi connectivity index (χ0v) is 13.9. The molecule has 2 aliphatic rings. The number of pyridine rings is 1. The molecule has 1 spiro atoms. The normalized spacial score (nSPS) is 21.5. The maximum absolute atomic E-state index is 12.0. The first-order valence-corrected chi connectivity index (χ1v) is 8.23. The predicted molar refractivity (Wildman–Crippen MR) is 86.4 cm³/mol. The first-order chi connectivity index (χ1) is 11.6. The molecule has 0 saturated carbocycles. The molecule has 2 aliphatic heterocycles. The molecule has 0 radical (unpaired) electrons. The van der Waals surface area contributed by atoms with E-state index < -0.39 is 0 Å². The molecule has 0 aliphatic carbocycles. The fraction of sp³-hybridized carbons (Fsp3) is 0.588. The highest BCUT2D eigenvalue weighted by Gasteiger charge is 2.53. The largest absolute Gasteiger partial charge is 0.375 e. The Hall–Kier alpha value is -1.99. The second kappa shape index (κ2) is 7.27. The minimum Gasteiger partial charge on any atom is -0.375 e. The molecule has 130 valence electrons. The van der Waals surface area contributed by atoms with Gasteiger partial charge in [-0.05, 0) is 30.9 Å². The Kier molecular flexibility index (Phi) is 5.11. The van der Waals surface area contributed by atoms with E-state index in [-0.39, 0.29) is 24.0 Å². The topological polar surface area (TPSA) is 80.8 Å². The van der Waals surface area contributed by atoms with Crippen LogP contribution in [0.1, 0.15) is 23.2 Å². The van der Waals surface area contributed by atoms with Crippen molar-refractivity contribution in [1.82, 2.24) is 15.2 Å². The zero-order valence-electron chi connectivity index (χ0n) is 13.9. The fourth-order valence-electron chi connectivity index (χ4n) is 3.49. The number of ether oxygens (including phenoxy) is 2. The number of carbonyl (C=O) groups is 2. The summed E-state index contributed by atoms with van der Waals surface area (Å²) in [5.41, 5.74) is 0.331. The van der Waals surface area contributed by atoms with Gasteiger partial charge >= 0.3 is 0 Å². The van der Waals surface area contributed by atoms with Crippen LogP contribution in [0.15, 0.2) is 24.5 Å². The number of nitrogens with zero attached hydrogens (tertiary/aromatic N) is 2. The molecule has 1 unspecified atom stereocenters. The van der Waals surface area contributed by atoms with Gasteiger partial charge in [0.15, 0.2) is 0 Å². The lowest BCUT2D eigenvalue weighted by molar-refractivity contribution is -0.168. The van der Waals surface area contributed by atoms with Crippen LogP contribution in [0.5, 0.6) is 0 Å². The van der Waals surface area contributed by atoms with Crippen molar-refractivity contribution < 1.29 is 19.1 Å². The van der Waals surface area contributed by atoms with E-state index in [0.29, 0.717) is 37.7 Å². The van der Waals surface area contributed by atoms with E-state index >= 15 is 0 Å². The van der Waals surface area contributed by atoms with Gasteiger partial charge in [0, 0.05) is 32.7 Å². The van der Waals surface area contributed by atoms with Crippen LogP contribution in [0.3, 0.4) is 0 Å². The summed E-state index contributed by atoms with van der Waals surface area (Å²) in [5, 5.41) is 2.93. The number of nitrogens with one attached hydrogen (secondary N) is 1. The summed E-state index contributed by atoms with van der Waals surface area (Å²) < 4.78 is 10.8. The maximum atomic E-state index is 12.0. The Morgan fingerprint density at radius 2 is 2.33 bits per heavy atom. The molecule has 2 saturated heterocycles. The molecule has 1 aromatic rings. The molecule has 1 N–H and O–H groups in total. The molecular formula is C17H23N3O4. The number of hydrogen-bond donors (Lipinski definition) is 1. The monoisotopic (exact) mass is 333 g/mol. The SMILES string of the molecule is COCC(=O)N1CC2(C1)OCCC2CCNC(=O)c1cccnc1. The number of carbonyl (C=O) groups excluding carboxylic acids is 2. The number of aromatic nitrogens is 1. The second-order valence-corrected chi connectivity index (χ2v) is 6.37. The van der Waals surface area contributed by atoms with Gasteiger partial charge in [0.2, 0.25) is 5.91 Å². The molecule has 0 aromatic carbocycles. The first-order valence-electron chi connectivity index (χ1n) is 8.23.